The molecule has 3 aromatic rings. The standard InChI is InChI=1S/C26H33N3O/c1-20-10-12-21(13-11-20)28-16-14-27(15-17-28)18-22(30)19-29-25-8-4-2-6-23(25)24-7-3-5-9-26(24)29/h2,4,6,8,10-13,22,30H,3,5,7,9,14-19H2,1H3. The van der Waals surface area contributed by atoms with Crippen LogP contribution in [0, 0.1) is 6.92 Å². The van der Waals surface area contributed by atoms with Crippen molar-refractivity contribution in [2.45, 2.75) is 45.3 Å². The Morgan fingerprint density at radius 1 is 0.867 bits per heavy atom. The third-order valence-electron chi connectivity index (χ3n) is 6.92. The van der Waals surface area contributed by atoms with Gasteiger partial charge in [0.1, 0.15) is 0 Å². The van der Waals surface area contributed by atoms with Crippen LogP contribution in [-0.2, 0) is 19.4 Å². The van der Waals surface area contributed by atoms with Crippen LogP contribution in [0.1, 0.15) is 29.7 Å². The van der Waals surface area contributed by atoms with Crippen molar-refractivity contribution < 1.29 is 5.11 Å². The highest BCUT2D eigenvalue weighted by Crippen LogP contribution is 2.32. The number of aryl methyl sites for hydroxylation is 2. The zero-order chi connectivity index (χ0) is 20.5. The summed E-state index contributed by atoms with van der Waals surface area (Å²) in [5, 5.41) is 12.4. The maximum absolute atomic E-state index is 11.0. The molecule has 1 unspecified atom stereocenters. The number of aromatic nitrogens is 1. The predicted octanol–water partition coefficient (Wildman–Crippen LogP) is 4.01. The monoisotopic (exact) mass is 403 g/mol. The molecule has 158 valence electrons. The molecule has 1 aromatic heterocycles. The maximum Gasteiger partial charge on any atom is 0.0845 e. The molecule has 1 saturated heterocycles. The average molecular weight is 404 g/mol. The number of piperazine rings is 1. The van der Waals surface area contributed by atoms with E-state index < -0.39 is 0 Å². The number of fused-ring (bicyclic) bond motifs is 3. The van der Waals surface area contributed by atoms with E-state index in [1.165, 1.54) is 52.7 Å². The second-order valence-corrected chi connectivity index (χ2v) is 9.04. The molecule has 0 radical (unpaired) electrons. The molecule has 1 fully saturated rings. The van der Waals surface area contributed by atoms with Crippen molar-refractivity contribution in [3.8, 4) is 0 Å². The first kappa shape index (κ1) is 19.7. The SMILES string of the molecule is Cc1ccc(N2CCN(CC(O)Cn3c4c(c5ccccc53)CCCC4)CC2)cc1. The van der Waals surface area contributed by atoms with E-state index in [-0.39, 0.29) is 6.10 Å². The van der Waals surface area contributed by atoms with Crippen LogP contribution in [0.5, 0.6) is 0 Å². The number of anilines is 1. The number of aliphatic hydroxyl groups excluding tert-OH is 1. The van der Waals surface area contributed by atoms with E-state index in [0.717, 1.165) is 39.1 Å². The van der Waals surface area contributed by atoms with Gasteiger partial charge in [-0.25, -0.2) is 0 Å². The lowest BCUT2D eigenvalue weighted by molar-refractivity contribution is 0.0953. The topological polar surface area (TPSA) is 31.6 Å². The summed E-state index contributed by atoms with van der Waals surface area (Å²) in [6.45, 7) is 7.66. The second kappa shape index (κ2) is 8.44. The fourth-order valence-corrected chi connectivity index (χ4v) is 5.31. The zero-order valence-electron chi connectivity index (χ0n) is 18.1. The molecule has 5 rings (SSSR count). The van der Waals surface area contributed by atoms with Crippen molar-refractivity contribution in [3.63, 3.8) is 0 Å². The van der Waals surface area contributed by atoms with Crippen LogP contribution in [0.3, 0.4) is 0 Å². The highest BCUT2D eigenvalue weighted by Gasteiger charge is 2.23. The lowest BCUT2D eigenvalue weighted by atomic mass is 9.95. The molecule has 2 heterocycles. The highest BCUT2D eigenvalue weighted by atomic mass is 16.3. The summed E-state index contributed by atoms with van der Waals surface area (Å²) < 4.78 is 2.41. The van der Waals surface area contributed by atoms with Crippen molar-refractivity contribution >= 4 is 16.6 Å². The Kier molecular flexibility index (Phi) is 5.53. The van der Waals surface area contributed by atoms with Gasteiger partial charge >= 0.3 is 0 Å². The van der Waals surface area contributed by atoms with Crippen LogP contribution in [0.2, 0.25) is 0 Å². The largest absolute Gasteiger partial charge is 0.390 e. The minimum Gasteiger partial charge on any atom is -0.390 e. The fraction of sp³-hybridized carbons (Fsp3) is 0.462. The zero-order valence-corrected chi connectivity index (χ0v) is 18.1. The molecule has 1 N–H and O–H groups in total. The van der Waals surface area contributed by atoms with Gasteiger partial charge in [-0.3, -0.25) is 4.90 Å². The maximum atomic E-state index is 11.0. The predicted molar refractivity (Wildman–Crippen MR) is 124 cm³/mol. The number of rotatable bonds is 5. The normalized spacial score (nSPS) is 18.5. The second-order valence-electron chi connectivity index (χ2n) is 9.04. The molecule has 30 heavy (non-hydrogen) atoms. The minimum atomic E-state index is -0.335. The number of hydrogen-bond acceptors (Lipinski definition) is 3. The van der Waals surface area contributed by atoms with Crippen molar-refractivity contribution in [1.82, 2.24) is 9.47 Å². The van der Waals surface area contributed by atoms with E-state index in [0.29, 0.717) is 6.54 Å². The highest BCUT2D eigenvalue weighted by molar-refractivity contribution is 5.85. The number of benzene rings is 2. The van der Waals surface area contributed by atoms with E-state index in [9.17, 15) is 5.11 Å². The number of aliphatic hydroxyl groups is 1. The van der Waals surface area contributed by atoms with Crippen LogP contribution >= 0.6 is 0 Å². The van der Waals surface area contributed by atoms with Crippen LogP contribution in [0.4, 0.5) is 5.69 Å². The lowest BCUT2D eigenvalue weighted by Gasteiger charge is -2.37. The Bertz CT molecular complexity index is 999. The van der Waals surface area contributed by atoms with Gasteiger partial charge in [0, 0.05) is 55.0 Å². The van der Waals surface area contributed by atoms with Crippen molar-refractivity contribution in [2.75, 3.05) is 37.6 Å². The molecule has 0 saturated carbocycles. The van der Waals surface area contributed by atoms with Crippen molar-refractivity contribution in [1.29, 1.82) is 0 Å². The summed E-state index contributed by atoms with van der Waals surface area (Å²) in [6.07, 6.45) is 4.54. The lowest BCUT2D eigenvalue weighted by Crippen LogP contribution is -2.49. The summed E-state index contributed by atoms with van der Waals surface area (Å²) >= 11 is 0. The summed E-state index contributed by atoms with van der Waals surface area (Å²) in [4.78, 5) is 4.88. The quantitative estimate of drug-likeness (QED) is 0.698. The number of β-amino-alcohol motifs (C(OH)–C–C–N with tert-alkyl or cyclic N) is 1. The van der Waals surface area contributed by atoms with E-state index in [2.05, 4.69) is 69.8 Å². The molecule has 0 spiro atoms. The Labute approximate surface area is 179 Å². The van der Waals surface area contributed by atoms with Gasteiger partial charge in [-0.05, 0) is 56.4 Å². The van der Waals surface area contributed by atoms with Crippen LogP contribution in [0.25, 0.3) is 10.9 Å². The number of para-hydroxylation sites is 1. The Balaban J connectivity index is 1.23. The molecule has 4 heteroatoms. The molecule has 0 amide bonds. The van der Waals surface area contributed by atoms with Gasteiger partial charge in [-0.15, -0.1) is 0 Å². The molecule has 2 aromatic carbocycles. The molecule has 4 nitrogen and oxygen atoms in total. The summed E-state index contributed by atoms with van der Waals surface area (Å²) in [5.41, 5.74) is 6.90. The first-order chi connectivity index (χ1) is 14.7. The van der Waals surface area contributed by atoms with E-state index >= 15 is 0 Å². The van der Waals surface area contributed by atoms with Gasteiger partial charge in [-0.1, -0.05) is 35.9 Å². The number of nitrogens with zero attached hydrogens (tertiary/aromatic N) is 3. The van der Waals surface area contributed by atoms with Gasteiger partial charge < -0.3 is 14.6 Å². The summed E-state index contributed by atoms with van der Waals surface area (Å²) in [5.74, 6) is 0. The molecule has 0 bridgehead atoms. The molecule has 1 atom stereocenters. The first-order valence-electron chi connectivity index (χ1n) is 11.5. The minimum absolute atomic E-state index is 0.335. The smallest absolute Gasteiger partial charge is 0.0845 e. The summed E-state index contributed by atoms with van der Waals surface area (Å²) in [6, 6.07) is 17.6. The molecular weight excluding hydrogens is 370 g/mol. The van der Waals surface area contributed by atoms with Crippen LogP contribution in [-0.4, -0.2) is 53.4 Å². The van der Waals surface area contributed by atoms with Gasteiger partial charge in [0.05, 0.1) is 12.6 Å². The van der Waals surface area contributed by atoms with Crippen LogP contribution in [0.15, 0.2) is 48.5 Å². The van der Waals surface area contributed by atoms with Gasteiger partial charge in [-0.2, -0.15) is 0 Å². The average Bonchev–Trinajstić information content (AvgIpc) is 3.09. The van der Waals surface area contributed by atoms with E-state index in [4.69, 9.17) is 0 Å². The Hall–Kier alpha value is -2.30. The molecule has 1 aliphatic heterocycles. The Morgan fingerprint density at radius 2 is 1.60 bits per heavy atom. The van der Waals surface area contributed by atoms with Gasteiger partial charge in [0.2, 0.25) is 0 Å². The van der Waals surface area contributed by atoms with Crippen molar-refractivity contribution in [2.24, 2.45) is 0 Å². The van der Waals surface area contributed by atoms with E-state index in [1.807, 2.05) is 0 Å². The third kappa shape index (κ3) is 3.86. The van der Waals surface area contributed by atoms with Gasteiger partial charge in [0.15, 0.2) is 0 Å². The van der Waals surface area contributed by atoms with E-state index in [1.54, 1.807) is 0 Å². The van der Waals surface area contributed by atoms with Gasteiger partial charge in [0.25, 0.3) is 0 Å². The fourth-order valence-electron chi connectivity index (χ4n) is 5.31. The summed E-state index contributed by atoms with van der Waals surface area (Å²) in [7, 11) is 0. The molecule has 1 aliphatic carbocycles. The van der Waals surface area contributed by atoms with Crippen LogP contribution < -0.4 is 4.90 Å². The third-order valence-corrected chi connectivity index (χ3v) is 6.92. The Morgan fingerprint density at radius 3 is 2.40 bits per heavy atom. The molecule has 2 aliphatic rings. The first-order valence-corrected chi connectivity index (χ1v) is 11.5. The molecular formula is C26H33N3O. The number of hydrogen-bond donors (Lipinski definition) is 1. The van der Waals surface area contributed by atoms with Crippen molar-refractivity contribution in [3.05, 3.63) is 65.4 Å².